The van der Waals surface area contributed by atoms with Crippen LogP contribution in [0.1, 0.15) is 27.1 Å². The zero-order valence-corrected chi connectivity index (χ0v) is 16.4. The van der Waals surface area contributed by atoms with Crippen LogP contribution in [-0.4, -0.2) is 64.6 Å². The van der Waals surface area contributed by atoms with E-state index in [1.54, 1.807) is 0 Å². The van der Waals surface area contributed by atoms with Crippen LogP contribution >= 0.6 is 0 Å². The highest BCUT2D eigenvalue weighted by Gasteiger charge is 2.24. The number of hydrogen-bond donors (Lipinski definition) is 1. The summed E-state index contributed by atoms with van der Waals surface area (Å²) in [5.41, 5.74) is 3.12. The van der Waals surface area contributed by atoms with Gasteiger partial charge in [-0.3, -0.25) is 9.59 Å². The Kier molecular flexibility index (Phi) is 4.66. The third-order valence-electron chi connectivity index (χ3n) is 5.58. The van der Waals surface area contributed by atoms with E-state index in [1.807, 2.05) is 47.4 Å². The van der Waals surface area contributed by atoms with Crippen LogP contribution in [0.5, 0.6) is 5.75 Å². The maximum atomic E-state index is 13.1. The van der Waals surface area contributed by atoms with E-state index in [9.17, 15) is 9.59 Å². The molecule has 2 aliphatic rings. The number of amides is 1. The zero-order chi connectivity index (χ0) is 20.5. The van der Waals surface area contributed by atoms with E-state index in [2.05, 4.69) is 20.1 Å². The van der Waals surface area contributed by atoms with Crippen molar-refractivity contribution in [1.82, 2.24) is 20.1 Å². The first-order chi connectivity index (χ1) is 14.7. The van der Waals surface area contributed by atoms with E-state index in [0.29, 0.717) is 56.1 Å². The number of H-pyrrole nitrogens is 1. The highest BCUT2D eigenvalue weighted by Crippen LogP contribution is 2.31. The van der Waals surface area contributed by atoms with E-state index in [1.165, 1.54) is 6.33 Å². The number of nitrogens with zero attached hydrogens (tertiary/aromatic N) is 4. The fourth-order valence-electron chi connectivity index (χ4n) is 3.93. The van der Waals surface area contributed by atoms with E-state index in [4.69, 9.17) is 4.74 Å². The number of hydrogen-bond acceptors (Lipinski definition) is 6. The van der Waals surface area contributed by atoms with Crippen LogP contribution in [-0.2, 0) is 0 Å². The molecule has 8 heteroatoms. The second kappa shape index (κ2) is 7.62. The lowest BCUT2D eigenvalue weighted by Crippen LogP contribution is -2.49. The van der Waals surface area contributed by atoms with Gasteiger partial charge in [-0.05, 0) is 35.4 Å². The van der Waals surface area contributed by atoms with Crippen molar-refractivity contribution in [2.24, 2.45) is 0 Å². The summed E-state index contributed by atoms with van der Waals surface area (Å²) in [5, 5.41) is 6.75. The number of benzene rings is 2. The molecule has 0 bridgehead atoms. The number of fused-ring (bicyclic) bond motifs is 1. The summed E-state index contributed by atoms with van der Waals surface area (Å²) in [5.74, 6) is 1.47. The Morgan fingerprint density at radius 3 is 2.67 bits per heavy atom. The minimum atomic E-state index is 0.0125. The molecule has 2 aromatic carbocycles. The first-order valence-electron chi connectivity index (χ1n) is 9.99. The average molecular weight is 403 g/mol. The molecular formula is C22H21N5O3. The second-order valence-electron chi connectivity index (χ2n) is 7.40. The van der Waals surface area contributed by atoms with Gasteiger partial charge in [-0.1, -0.05) is 18.2 Å². The normalized spacial score (nSPS) is 16.2. The fraction of sp³-hybridized carbons (Fsp3) is 0.273. The van der Waals surface area contributed by atoms with Gasteiger partial charge in [0.25, 0.3) is 5.91 Å². The summed E-state index contributed by atoms with van der Waals surface area (Å²) in [7, 11) is 0. The smallest absolute Gasteiger partial charge is 0.253 e. The minimum absolute atomic E-state index is 0.0125. The number of nitrogens with one attached hydrogen (secondary N) is 1. The van der Waals surface area contributed by atoms with Crippen molar-refractivity contribution >= 4 is 17.6 Å². The molecule has 8 nitrogen and oxygen atoms in total. The average Bonchev–Trinajstić information content (AvgIpc) is 3.34. The largest absolute Gasteiger partial charge is 0.492 e. The minimum Gasteiger partial charge on any atom is -0.492 e. The first-order valence-corrected chi connectivity index (χ1v) is 9.99. The molecule has 3 heterocycles. The number of aromatic nitrogens is 3. The molecule has 152 valence electrons. The molecule has 30 heavy (non-hydrogen) atoms. The van der Waals surface area contributed by atoms with Crippen LogP contribution in [0.25, 0.3) is 11.1 Å². The fourth-order valence-corrected chi connectivity index (χ4v) is 3.93. The standard InChI is InChI=1S/C22H21N5O3/c28-19-6-11-30-20-13-16(4-5-18(19)20)15-2-1-3-17(12-15)21(29)26-7-9-27(10-8-26)22-23-14-24-25-22/h1-5,12-14H,6-11H2,(H,23,24,25). The van der Waals surface area contributed by atoms with Crippen molar-refractivity contribution in [3.05, 3.63) is 59.9 Å². The van der Waals surface area contributed by atoms with Crippen LogP contribution < -0.4 is 9.64 Å². The Hall–Kier alpha value is -3.68. The number of Topliss-reactive ketones (excluding diaryl/α,β-unsaturated/α-hetero) is 1. The summed E-state index contributed by atoms with van der Waals surface area (Å²) in [6, 6.07) is 13.2. The number of anilines is 1. The van der Waals surface area contributed by atoms with Crippen LogP contribution in [0, 0.1) is 0 Å². The zero-order valence-electron chi connectivity index (χ0n) is 16.4. The highest BCUT2D eigenvalue weighted by atomic mass is 16.5. The van der Waals surface area contributed by atoms with E-state index < -0.39 is 0 Å². The van der Waals surface area contributed by atoms with Gasteiger partial charge in [0.2, 0.25) is 5.95 Å². The molecule has 0 atom stereocenters. The van der Waals surface area contributed by atoms with Gasteiger partial charge in [-0.25, -0.2) is 5.10 Å². The Balaban J connectivity index is 1.33. The first kappa shape index (κ1) is 18.4. The van der Waals surface area contributed by atoms with E-state index in [0.717, 1.165) is 17.1 Å². The summed E-state index contributed by atoms with van der Waals surface area (Å²) >= 11 is 0. The van der Waals surface area contributed by atoms with E-state index >= 15 is 0 Å². The van der Waals surface area contributed by atoms with Gasteiger partial charge >= 0.3 is 0 Å². The third-order valence-corrected chi connectivity index (χ3v) is 5.58. The van der Waals surface area contributed by atoms with Crippen molar-refractivity contribution < 1.29 is 14.3 Å². The lowest BCUT2D eigenvalue weighted by atomic mass is 9.98. The molecule has 0 aliphatic carbocycles. The molecule has 1 amide bonds. The van der Waals surface area contributed by atoms with Crippen LogP contribution in [0.2, 0.25) is 0 Å². The predicted molar refractivity (Wildman–Crippen MR) is 111 cm³/mol. The van der Waals surface area contributed by atoms with Gasteiger partial charge in [0.1, 0.15) is 12.1 Å². The number of aromatic amines is 1. The lowest BCUT2D eigenvalue weighted by Gasteiger charge is -2.34. The van der Waals surface area contributed by atoms with Gasteiger partial charge < -0.3 is 14.5 Å². The molecule has 0 spiro atoms. The SMILES string of the molecule is O=C1CCOc2cc(-c3cccc(C(=O)N4CCN(c5ncn[nH]5)CC4)c3)ccc21. The van der Waals surface area contributed by atoms with Crippen LogP contribution in [0.4, 0.5) is 5.95 Å². The molecule has 5 rings (SSSR count). The van der Waals surface area contributed by atoms with Gasteiger partial charge in [0, 0.05) is 38.2 Å². The van der Waals surface area contributed by atoms with Gasteiger partial charge in [-0.2, -0.15) is 10.1 Å². The maximum absolute atomic E-state index is 13.1. The highest BCUT2D eigenvalue weighted by molar-refractivity contribution is 6.00. The monoisotopic (exact) mass is 403 g/mol. The number of carbonyl (C=O) groups is 2. The van der Waals surface area contributed by atoms with Gasteiger partial charge in [0.15, 0.2) is 5.78 Å². The molecule has 2 aliphatic heterocycles. The number of ether oxygens (including phenoxy) is 1. The van der Waals surface area contributed by atoms with Gasteiger partial charge in [0.05, 0.1) is 12.2 Å². The molecule has 1 aromatic heterocycles. The molecule has 0 saturated carbocycles. The molecule has 1 saturated heterocycles. The van der Waals surface area contributed by atoms with Crippen molar-refractivity contribution in [2.45, 2.75) is 6.42 Å². The molecule has 3 aromatic rings. The van der Waals surface area contributed by atoms with Crippen molar-refractivity contribution in [1.29, 1.82) is 0 Å². The maximum Gasteiger partial charge on any atom is 0.253 e. The second-order valence-corrected chi connectivity index (χ2v) is 7.40. The van der Waals surface area contributed by atoms with Crippen LogP contribution in [0.15, 0.2) is 48.8 Å². The summed E-state index contributed by atoms with van der Waals surface area (Å²) in [4.78, 5) is 33.2. The van der Waals surface area contributed by atoms with Crippen LogP contribution in [0.3, 0.4) is 0 Å². The number of rotatable bonds is 3. The van der Waals surface area contributed by atoms with E-state index in [-0.39, 0.29) is 11.7 Å². The predicted octanol–water partition coefficient (Wildman–Crippen LogP) is 2.40. The summed E-state index contributed by atoms with van der Waals surface area (Å²) in [6.07, 6.45) is 1.90. The Morgan fingerprint density at radius 1 is 1.03 bits per heavy atom. The number of ketones is 1. The third kappa shape index (κ3) is 3.41. The molecular weight excluding hydrogens is 382 g/mol. The Bertz CT molecular complexity index is 1090. The molecule has 0 unspecified atom stereocenters. The summed E-state index contributed by atoms with van der Waals surface area (Å²) < 4.78 is 5.66. The quantitative estimate of drug-likeness (QED) is 0.722. The number of piperazine rings is 1. The Labute approximate surface area is 173 Å². The number of carbonyl (C=O) groups excluding carboxylic acids is 2. The van der Waals surface area contributed by atoms with Crippen molar-refractivity contribution in [3.8, 4) is 16.9 Å². The molecule has 0 radical (unpaired) electrons. The van der Waals surface area contributed by atoms with Crippen molar-refractivity contribution in [3.63, 3.8) is 0 Å². The summed E-state index contributed by atoms with van der Waals surface area (Å²) in [6.45, 7) is 3.07. The Morgan fingerprint density at radius 2 is 1.87 bits per heavy atom. The van der Waals surface area contributed by atoms with Gasteiger partial charge in [-0.15, -0.1) is 0 Å². The topological polar surface area (TPSA) is 91.4 Å². The van der Waals surface area contributed by atoms with Crippen molar-refractivity contribution in [2.75, 3.05) is 37.7 Å². The lowest BCUT2D eigenvalue weighted by molar-refractivity contribution is 0.0746. The molecule has 1 N–H and O–H groups in total. The molecule has 1 fully saturated rings.